The lowest BCUT2D eigenvalue weighted by Gasteiger charge is -2.11. The maximum atomic E-state index is 12.4. The highest BCUT2D eigenvalue weighted by Gasteiger charge is 2.18. The zero-order chi connectivity index (χ0) is 23.7. The van der Waals surface area contributed by atoms with E-state index in [0.29, 0.717) is 16.9 Å². The Morgan fingerprint density at radius 2 is 1.85 bits per heavy atom. The molecule has 5 rings (SSSR count). The van der Waals surface area contributed by atoms with Gasteiger partial charge in [0.2, 0.25) is 15.9 Å². The zero-order valence-electron chi connectivity index (χ0n) is 18.4. The molecule has 0 amide bonds. The normalized spacial score (nSPS) is 12.0. The molecule has 5 aromatic rings. The number of para-hydroxylation sites is 1. The molecule has 3 aromatic heterocycles. The standard InChI is InChI=1S/C24H20N4O3S3/c1-28(2)34(29,30)17-8-5-7-16(13-17)15-33-24-27-26-23(31-24)19-14-21(22-11-6-12-32-22)25-20-10-4-3-9-18(19)20/h3-14H,15H2,1-2H3. The number of thiophene rings is 1. The Balaban J connectivity index is 1.42. The van der Waals surface area contributed by atoms with Crippen LogP contribution in [0.5, 0.6) is 0 Å². The number of hydrogen-bond acceptors (Lipinski definition) is 8. The highest BCUT2D eigenvalue weighted by Crippen LogP contribution is 2.34. The minimum atomic E-state index is -3.49. The quantitative estimate of drug-likeness (QED) is 0.266. The number of thioether (sulfide) groups is 1. The van der Waals surface area contributed by atoms with Crippen LogP contribution >= 0.6 is 23.1 Å². The molecule has 7 nitrogen and oxygen atoms in total. The van der Waals surface area contributed by atoms with Gasteiger partial charge >= 0.3 is 0 Å². The summed E-state index contributed by atoms with van der Waals surface area (Å²) in [4.78, 5) is 6.11. The first-order valence-corrected chi connectivity index (χ1v) is 13.6. The van der Waals surface area contributed by atoms with Crippen LogP contribution < -0.4 is 0 Å². The Bertz CT molecular complexity index is 1560. The second kappa shape index (κ2) is 9.30. The van der Waals surface area contributed by atoms with Crippen molar-refractivity contribution in [2.75, 3.05) is 14.1 Å². The topological polar surface area (TPSA) is 89.2 Å². The van der Waals surface area contributed by atoms with Crippen LogP contribution in [-0.2, 0) is 15.8 Å². The van der Waals surface area contributed by atoms with Crippen LogP contribution in [0.15, 0.2) is 86.6 Å². The molecule has 0 fully saturated rings. The van der Waals surface area contributed by atoms with Crippen molar-refractivity contribution in [1.29, 1.82) is 0 Å². The smallest absolute Gasteiger partial charge is 0.277 e. The van der Waals surface area contributed by atoms with Gasteiger partial charge in [-0.1, -0.05) is 48.2 Å². The summed E-state index contributed by atoms with van der Waals surface area (Å²) >= 11 is 2.99. The number of sulfonamides is 1. The van der Waals surface area contributed by atoms with Crippen molar-refractivity contribution < 1.29 is 12.8 Å². The third kappa shape index (κ3) is 4.49. The molecule has 0 aliphatic rings. The van der Waals surface area contributed by atoms with Crippen molar-refractivity contribution in [3.05, 3.63) is 77.7 Å². The van der Waals surface area contributed by atoms with Gasteiger partial charge in [0.25, 0.3) is 5.22 Å². The summed E-state index contributed by atoms with van der Waals surface area (Å²) in [6.45, 7) is 0. The summed E-state index contributed by atoms with van der Waals surface area (Å²) in [5, 5.41) is 11.9. The molecule has 0 unspecified atom stereocenters. The first-order chi connectivity index (χ1) is 16.4. The molecule has 10 heteroatoms. The van der Waals surface area contributed by atoms with Gasteiger partial charge in [-0.15, -0.1) is 21.5 Å². The SMILES string of the molecule is CN(C)S(=O)(=O)c1cccc(CSc2nnc(-c3cc(-c4cccs4)nc4ccccc34)o2)c1. The van der Waals surface area contributed by atoms with Crippen LogP contribution in [0, 0.1) is 0 Å². The van der Waals surface area contributed by atoms with Gasteiger partial charge in [0.1, 0.15) is 0 Å². The summed E-state index contributed by atoms with van der Waals surface area (Å²) in [5.74, 6) is 0.915. The Labute approximate surface area is 205 Å². The molecule has 3 heterocycles. The molecule has 0 N–H and O–H groups in total. The van der Waals surface area contributed by atoms with Gasteiger partial charge in [-0.05, 0) is 41.3 Å². The van der Waals surface area contributed by atoms with Crippen LogP contribution in [0.3, 0.4) is 0 Å². The van der Waals surface area contributed by atoms with Crippen molar-refractivity contribution in [1.82, 2.24) is 19.5 Å². The second-order valence-electron chi connectivity index (χ2n) is 7.65. The molecular weight excluding hydrogens is 488 g/mol. The Kier molecular flexibility index (Phi) is 6.22. The third-order valence-electron chi connectivity index (χ3n) is 5.17. The number of fused-ring (bicyclic) bond motifs is 1. The molecule has 0 aliphatic carbocycles. The van der Waals surface area contributed by atoms with Gasteiger partial charge in [-0.25, -0.2) is 17.7 Å². The number of rotatable bonds is 7. The van der Waals surface area contributed by atoms with Crippen LogP contribution in [-0.4, -0.2) is 42.0 Å². The minimum absolute atomic E-state index is 0.256. The molecule has 0 spiro atoms. The van der Waals surface area contributed by atoms with E-state index in [-0.39, 0.29) is 4.90 Å². The molecule has 0 radical (unpaired) electrons. The van der Waals surface area contributed by atoms with Gasteiger partial charge in [-0.3, -0.25) is 0 Å². The molecule has 0 saturated heterocycles. The van der Waals surface area contributed by atoms with Crippen molar-refractivity contribution in [2.45, 2.75) is 15.9 Å². The maximum Gasteiger partial charge on any atom is 0.277 e. The van der Waals surface area contributed by atoms with Gasteiger partial charge in [0.15, 0.2) is 0 Å². The lowest BCUT2D eigenvalue weighted by atomic mass is 10.1. The van der Waals surface area contributed by atoms with E-state index in [2.05, 4.69) is 10.2 Å². The van der Waals surface area contributed by atoms with Gasteiger partial charge in [0, 0.05) is 25.2 Å². The predicted octanol–water partition coefficient (Wildman–Crippen LogP) is 5.56. The molecule has 172 valence electrons. The van der Waals surface area contributed by atoms with Crippen LogP contribution in [0.25, 0.3) is 32.9 Å². The highest BCUT2D eigenvalue weighted by molar-refractivity contribution is 7.98. The van der Waals surface area contributed by atoms with Gasteiger partial charge < -0.3 is 4.42 Å². The number of benzene rings is 2. The van der Waals surface area contributed by atoms with E-state index in [9.17, 15) is 8.42 Å². The molecular formula is C24H20N4O3S3. The zero-order valence-corrected chi connectivity index (χ0v) is 20.8. The van der Waals surface area contributed by atoms with Crippen molar-refractivity contribution in [3.63, 3.8) is 0 Å². The summed E-state index contributed by atoms with van der Waals surface area (Å²) in [7, 11) is -0.456. The summed E-state index contributed by atoms with van der Waals surface area (Å²) < 4.78 is 32.0. The Morgan fingerprint density at radius 3 is 2.65 bits per heavy atom. The monoisotopic (exact) mass is 508 g/mol. The summed E-state index contributed by atoms with van der Waals surface area (Å²) in [6, 6.07) is 20.8. The Morgan fingerprint density at radius 1 is 1.00 bits per heavy atom. The summed E-state index contributed by atoms with van der Waals surface area (Å²) in [5.41, 5.74) is 3.39. The van der Waals surface area contributed by atoms with Crippen molar-refractivity contribution in [3.8, 4) is 22.0 Å². The van der Waals surface area contributed by atoms with Crippen molar-refractivity contribution in [2.24, 2.45) is 0 Å². The molecule has 34 heavy (non-hydrogen) atoms. The van der Waals surface area contributed by atoms with Crippen LogP contribution in [0.4, 0.5) is 0 Å². The maximum absolute atomic E-state index is 12.4. The molecule has 0 bridgehead atoms. The largest absolute Gasteiger partial charge is 0.411 e. The van der Waals surface area contributed by atoms with Crippen molar-refractivity contribution >= 4 is 44.0 Å². The van der Waals surface area contributed by atoms with E-state index >= 15 is 0 Å². The number of pyridine rings is 1. The summed E-state index contributed by atoms with van der Waals surface area (Å²) in [6.07, 6.45) is 0. The fourth-order valence-corrected chi connectivity index (χ4v) is 5.80. The average Bonchev–Trinajstić information content (AvgIpc) is 3.55. The molecule has 0 atom stereocenters. The van der Waals surface area contributed by atoms with E-state index < -0.39 is 10.0 Å². The van der Waals surface area contributed by atoms with E-state index in [1.807, 2.05) is 53.9 Å². The lowest BCUT2D eigenvalue weighted by molar-refractivity contribution is 0.466. The molecule has 0 aliphatic heterocycles. The second-order valence-corrected chi connectivity index (χ2v) is 11.7. The Hall–Kier alpha value is -3.05. The van der Waals surface area contributed by atoms with Crippen LogP contribution in [0.2, 0.25) is 0 Å². The predicted molar refractivity (Wildman–Crippen MR) is 135 cm³/mol. The lowest BCUT2D eigenvalue weighted by Crippen LogP contribution is -2.22. The molecule has 0 saturated carbocycles. The third-order valence-corrected chi connectivity index (χ3v) is 8.76. The highest BCUT2D eigenvalue weighted by atomic mass is 32.2. The fraction of sp³-hybridized carbons (Fsp3) is 0.125. The number of aromatic nitrogens is 3. The van der Waals surface area contributed by atoms with E-state index in [1.165, 1.54) is 30.2 Å². The first-order valence-electron chi connectivity index (χ1n) is 10.3. The fourth-order valence-electron chi connectivity index (χ4n) is 3.43. The van der Waals surface area contributed by atoms with Gasteiger partial charge in [0.05, 0.1) is 26.5 Å². The average molecular weight is 509 g/mol. The van der Waals surface area contributed by atoms with Gasteiger partial charge in [-0.2, -0.15) is 0 Å². The van der Waals surface area contributed by atoms with E-state index in [1.54, 1.807) is 29.5 Å². The van der Waals surface area contributed by atoms with Crippen LogP contribution in [0.1, 0.15) is 5.56 Å². The van der Waals surface area contributed by atoms with E-state index in [0.717, 1.165) is 32.6 Å². The molecule has 2 aromatic carbocycles. The number of nitrogens with zero attached hydrogens (tertiary/aromatic N) is 4. The first kappa shape index (κ1) is 22.7. The van der Waals surface area contributed by atoms with E-state index in [4.69, 9.17) is 9.40 Å². The number of hydrogen-bond donors (Lipinski definition) is 0. The minimum Gasteiger partial charge on any atom is -0.411 e.